The predicted octanol–water partition coefficient (Wildman–Crippen LogP) is 4.38. The molecule has 0 radical (unpaired) electrons. The summed E-state index contributed by atoms with van der Waals surface area (Å²) in [7, 11) is 0.268. The molecule has 1 rings (SSSR count). The molecule has 13 heavy (non-hydrogen) atoms. The summed E-state index contributed by atoms with van der Waals surface area (Å²) in [4.78, 5) is 0. The normalized spacial score (nSPS) is 21.6. The van der Waals surface area contributed by atoms with E-state index in [4.69, 9.17) is 9.05 Å². The third kappa shape index (κ3) is 13.4. The van der Waals surface area contributed by atoms with E-state index < -0.39 is 5.20 Å². The molecule has 0 unspecified atom stereocenters. The van der Waals surface area contributed by atoms with E-state index in [2.05, 4.69) is 47.6 Å². The minimum absolute atomic E-state index is 0.241. The van der Waals surface area contributed by atoms with E-state index in [0.717, 1.165) is 13.2 Å². The van der Waals surface area contributed by atoms with Gasteiger partial charge in [0.2, 0.25) is 0 Å². The lowest BCUT2D eigenvalue weighted by atomic mass is 9.97. The third-order valence-corrected chi connectivity index (χ3v) is 1.57. The molecule has 1 aliphatic rings. The van der Waals surface area contributed by atoms with Gasteiger partial charge in [-0.05, 0) is 33.7 Å². The van der Waals surface area contributed by atoms with Crippen molar-refractivity contribution in [3.05, 3.63) is 0 Å². The van der Waals surface area contributed by atoms with Crippen molar-refractivity contribution in [1.29, 1.82) is 0 Å². The highest BCUT2D eigenvalue weighted by molar-refractivity contribution is 8.24. The van der Waals surface area contributed by atoms with Crippen molar-refractivity contribution in [3.8, 4) is 0 Å². The Kier molecular flexibility index (Phi) is 6.81. The molecule has 0 N–H and O–H groups in total. The standard InChI is InChI=1S/C5H11O2P.Cl3OP/c1-5(2)3-6-8-7-4-5;1-5(2,3)4/h8H,3-4H2,1-2H3;. The quantitative estimate of drug-likeness (QED) is 0.620. The van der Waals surface area contributed by atoms with Crippen LogP contribution in [0.5, 0.6) is 0 Å². The zero-order valence-corrected chi connectivity index (χ0v) is 11.4. The maximum Gasteiger partial charge on any atom is 0.339 e. The monoisotopic (exact) mass is 286 g/mol. The topological polar surface area (TPSA) is 35.5 Å². The van der Waals surface area contributed by atoms with Gasteiger partial charge < -0.3 is 9.05 Å². The summed E-state index contributed by atoms with van der Waals surface area (Å²) in [5.74, 6) is 0. The summed E-state index contributed by atoms with van der Waals surface area (Å²) in [6, 6.07) is 0. The third-order valence-electron chi connectivity index (χ3n) is 1.04. The van der Waals surface area contributed by atoms with Gasteiger partial charge in [-0.3, -0.25) is 4.57 Å². The molecule has 0 saturated carbocycles. The number of hydrogen-bond donors (Lipinski definition) is 0. The van der Waals surface area contributed by atoms with Crippen molar-refractivity contribution in [3.63, 3.8) is 0 Å². The minimum Gasteiger partial charge on any atom is -0.336 e. The molecule has 0 aromatic heterocycles. The summed E-state index contributed by atoms with van der Waals surface area (Å²) >= 11 is 13.8. The summed E-state index contributed by atoms with van der Waals surface area (Å²) in [6.45, 7) is 5.95. The number of rotatable bonds is 0. The molecule has 1 aliphatic heterocycles. The zero-order chi connectivity index (χ0) is 10.5. The van der Waals surface area contributed by atoms with E-state index in [0.29, 0.717) is 0 Å². The van der Waals surface area contributed by atoms with E-state index in [1.54, 1.807) is 0 Å². The summed E-state index contributed by atoms with van der Waals surface area (Å²) in [5, 5.41) is -3.22. The van der Waals surface area contributed by atoms with Crippen LogP contribution in [-0.2, 0) is 13.6 Å². The van der Waals surface area contributed by atoms with Gasteiger partial charge >= 0.3 is 5.20 Å². The Bertz CT molecular complexity index is 177. The van der Waals surface area contributed by atoms with Crippen molar-refractivity contribution in [2.75, 3.05) is 13.2 Å². The highest BCUT2D eigenvalue weighted by atomic mass is 36.0. The van der Waals surface area contributed by atoms with Gasteiger partial charge in [-0.2, -0.15) is 0 Å². The highest BCUT2D eigenvalue weighted by Crippen LogP contribution is 2.61. The molecule has 0 bridgehead atoms. The van der Waals surface area contributed by atoms with Crippen LogP contribution >= 0.6 is 48.0 Å². The number of halogens is 3. The summed E-state index contributed by atoms with van der Waals surface area (Å²) in [6.07, 6.45) is 0. The van der Waals surface area contributed by atoms with Gasteiger partial charge in [0, 0.05) is 5.41 Å². The van der Waals surface area contributed by atoms with E-state index >= 15 is 0 Å². The smallest absolute Gasteiger partial charge is 0.336 e. The van der Waals surface area contributed by atoms with Crippen LogP contribution in [0.25, 0.3) is 0 Å². The average molecular weight is 287 g/mol. The fourth-order valence-corrected chi connectivity index (χ4v) is 1.52. The Morgan fingerprint density at radius 2 is 1.54 bits per heavy atom. The zero-order valence-electron chi connectivity index (χ0n) is 7.22. The molecular formula is C5H11Cl3O3P2. The fourth-order valence-electron chi connectivity index (χ4n) is 0.533. The first kappa shape index (κ1) is 14.5. The van der Waals surface area contributed by atoms with E-state index in [9.17, 15) is 4.57 Å². The lowest BCUT2D eigenvalue weighted by molar-refractivity contribution is 0.0714. The minimum atomic E-state index is -3.22. The van der Waals surface area contributed by atoms with Crippen molar-refractivity contribution in [1.82, 2.24) is 0 Å². The molecule has 0 spiro atoms. The molecule has 1 fully saturated rings. The average Bonchev–Trinajstić information content (AvgIpc) is 1.82. The van der Waals surface area contributed by atoms with Crippen LogP contribution in [0.4, 0.5) is 0 Å². The molecular weight excluding hydrogens is 276 g/mol. The first-order valence-electron chi connectivity index (χ1n) is 3.38. The van der Waals surface area contributed by atoms with Gasteiger partial charge in [0.25, 0.3) is 0 Å². The summed E-state index contributed by atoms with van der Waals surface area (Å²) < 4.78 is 19.7. The van der Waals surface area contributed by atoms with Crippen LogP contribution in [0, 0.1) is 5.41 Å². The van der Waals surface area contributed by atoms with Crippen LogP contribution < -0.4 is 0 Å². The molecule has 8 heteroatoms. The molecule has 0 aromatic carbocycles. The molecule has 1 saturated heterocycles. The molecule has 80 valence electrons. The maximum atomic E-state index is 9.51. The van der Waals surface area contributed by atoms with Crippen molar-refractivity contribution in [2.24, 2.45) is 5.41 Å². The summed E-state index contributed by atoms with van der Waals surface area (Å²) in [5.41, 5.74) is 0.241. The Morgan fingerprint density at radius 3 is 1.69 bits per heavy atom. The van der Waals surface area contributed by atoms with Crippen LogP contribution in [0.15, 0.2) is 0 Å². The van der Waals surface area contributed by atoms with Crippen LogP contribution in [-0.4, -0.2) is 13.2 Å². The van der Waals surface area contributed by atoms with Crippen LogP contribution in [0.2, 0.25) is 0 Å². The van der Waals surface area contributed by atoms with Gasteiger partial charge in [-0.1, -0.05) is 13.8 Å². The SMILES string of the molecule is CC1(C)COPOC1.O=P(Cl)(Cl)Cl. The van der Waals surface area contributed by atoms with Crippen LogP contribution in [0.3, 0.4) is 0 Å². The molecule has 0 aromatic rings. The lowest BCUT2D eigenvalue weighted by Gasteiger charge is -2.27. The predicted molar refractivity (Wildman–Crippen MR) is 59.2 cm³/mol. The van der Waals surface area contributed by atoms with Gasteiger partial charge in [-0.15, -0.1) is 0 Å². The lowest BCUT2D eigenvalue weighted by Crippen LogP contribution is -2.25. The van der Waals surface area contributed by atoms with E-state index in [1.165, 1.54) is 0 Å². The Morgan fingerprint density at radius 1 is 1.23 bits per heavy atom. The molecule has 0 amide bonds. The fraction of sp³-hybridized carbons (Fsp3) is 1.00. The number of hydrogen-bond acceptors (Lipinski definition) is 3. The molecule has 0 aliphatic carbocycles. The van der Waals surface area contributed by atoms with E-state index in [-0.39, 0.29) is 14.4 Å². The highest BCUT2D eigenvalue weighted by Gasteiger charge is 2.22. The molecule has 1 heterocycles. The van der Waals surface area contributed by atoms with Gasteiger partial charge in [0.15, 0.2) is 9.03 Å². The Labute approximate surface area is 94.1 Å². The maximum absolute atomic E-state index is 9.51. The second-order valence-corrected chi connectivity index (χ2v) is 10.6. The van der Waals surface area contributed by atoms with Gasteiger partial charge in [0.05, 0.1) is 13.2 Å². The largest absolute Gasteiger partial charge is 0.339 e. The first-order chi connectivity index (χ1) is 5.71. The first-order valence-corrected chi connectivity index (χ1v) is 8.62. The molecule has 3 nitrogen and oxygen atoms in total. The van der Waals surface area contributed by atoms with Gasteiger partial charge in [0.1, 0.15) is 0 Å². The van der Waals surface area contributed by atoms with Gasteiger partial charge in [-0.25, -0.2) is 0 Å². The molecule has 0 atom stereocenters. The van der Waals surface area contributed by atoms with Crippen molar-refractivity contribution >= 4 is 48.0 Å². The second-order valence-electron chi connectivity index (χ2n) is 3.22. The van der Waals surface area contributed by atoms with E-state index in [1.807, 2.05) is 0 Å². The second kappa shape index (κ2) is 6.12. The van der Waals surface area contributed by atoms with Crippen molar-refractivity contribution in [2.45, 2.75) is 13.8 Å². The Balaban J connectivity index is 0.000000252. The Hall–Kier alpha value is 1.45. The van der Waals surface area contributed by atoms with Crippen LogP contribution in [0.1, 0.15) is 13.8 Å². The van der Waals surface area contributed by atoms with Crippen molar-refractivity contribution < 1.29 is 13.6 Å².